The van der Waals surface area contributed by atoms with Crippen LogP contribution in [0, 0.1) is 11.8 Å². The van der Waals surface area contributed by atoms with E-state index in [1.807, 2.05) is 6.07 Å². The Morgan fingerprint density at radius 3 is 2.20 bits per heavy atom. The van der Waals surface area contributed by atoms with Crippen LogP contribution in [0.4, 0.5) is 19.0 Å². The molecule has 0 spiro atoms. The molecule has 8 rings (SSSR count). The Morgan fingerprint density at radius 2 is 1.51 bits per heavy atom. The molecule has 6 atom stereocenters. The molecule has 0 unspecified atom stereocenters. The lowest BCUT2D eigenvalue weighted by molar-refractivity contribution is -0.137. The molecule has 2 aromatic heterocycles. The zero-order chi connectivity index (χ0) is 57.1. The van der Waals surface area contributed by atoms with Crippen molar-refractivity contribution in [3.63, 3.8) is 0 Å². The highest BCUT2D eigenvalue weighted by atomic mass is 19.4. The maximum atomic E-state index is 14.1. The molecule has 438 valence electrons. The van der Waals surface area contributed by atoms with Gasteiger partial charge in [-0.3, -0.25) is 33.8 Å². The summed E-state index contributed by atoms with van der Waals surface area (Å²) in [5.74, 6) is -0.885. The van der Waals surface area contributed by atoms with Gasteiger partial charge in [0.2, 0.25) is 35.4 Å². The minimum atomic E-state index is -4.61. The van der Waals surface area contributed by atoms with E-state index in [9.17, 15) is 41.9 Å². The van der Waals surface area contributed by atoms with E-state index in [2.05, 4.69) is 67.6 Å². The number of hydrogen-bond acceptors (Lipinski definition) is 13. The second-order valence-corrected chi connectivity index (χ2v) is 23.6. The van der Waals surface area contributed by atoms with Crippen LogP contribution in [0.15, 0.2) is 42.7 Å². The van der Waals surface area contributed by atoms with Gasteiger partial charge in [-0.15, -0.1) is 0 Å². The maximum Gasteiger partial charge on any atom is 0.416 e. The number of pyridine rings is 1. The van der Waals surface area contributed by atoms with Crippen LogP contribution in [0.5, 0.6) is 0 Å². The van der Waals surface area contributed by atoms with Gasteiger partial charge in [0.1, 0.15) is 17.7 Å². The minimum Gasteiger partial charge on any atom is -0.378 e. The number of alkyl halides is 3. The van der Waals surface area contributed by atoms with Crippen LogP contribution < -0.4 is 31.9 Å². The van der Waals surface area contributed by atoms with E-state index in [4.69, 9.17) is 9.47 Å². The summed E-state index contributed by atoms with van der Waals surface area (Å²) >= 11 is 0. The first-order valence-corrected chi connectivity index (χ1v) is 28.9. The number of amides is 6. The fourth-order valence-corrected chi connectivity index (χ4v) is 12.5. The highest BCUT2D eigenvalue weighted by molar-refractivity contribution is 5.94. The number of anilines is 1. The molecule has 80 heavy (non-hydrogen) atoms. The van der Waals surface area contributed by atoms with Crippen molar-refractivity contribution in [2.45, 2.75) is 197 Å². The molecule has 22 heteroatoms. The number of halogens is 3. The van der Waals surface area contributed by atoms with Gasteiger partial charge >= 0.3 is 6.18 Å². The van der Waals surface area contributed by atoms with Crippen molar-refractivity contribution in [3.05, 3.63) is 59.7 Å². The lowest BCUT2D eigenvalue weighted by Crippen LogP contribution is -2.59. The number of fused-ring (bicyclic) bond motifs is 1. The molecule has 1 aromatic carbocycles. The van der Waals surface area contributed by atoms with Crippen molar-refractivity contribution < 1.29 is 51.4 Å². The van der Waals surface area contributed by atoms with Crippen molar-refractivity contribution in [3.8, 4) is 0 Å². The summed E-state index contributed by atoms with van der Waals surface area (Å²) in [5, 5.41) is 19.2. The molecular formula is C58H82F3N11O8. The van der Waals surface area contributed by atoms with E-state index in [0.717, 1.165) is 49.8 Å². The first-order chi connectivity index (χ1) is 38.2. The Hall–Kier alpha value is -6.00. The van der Waals surface area contributed by atoms with Gasteiger partial charge in [-0.1, -0.05) is 6.07 Å². The second-order valence-electron chi connectivity index (χ2n) is 23.6. The summed E-state index contributed by atoms with van der Waals surface area (Å²) in [7, 11) is 1.72. The standard InChI is InChI=1S/C58H82F3N11O8/c1-35(73)65-47-32-40(70-57(2,3)4)17-23-48(47)72-28-24-46(56(72)78)68-53-43-31-38(58(59,60)61)14-22-45(43)67-49(69-53)10-7-26-63-54(76)36-12-15-39(16-13-36)66-50(74)11-8-29-79-41-18-20-42(21-19-41)80-30-27-64-55(77)44-33-51(75)71(5)52(44)37-9-6-25-62-34-37/h6,9,14,22,25,31,34,36,39-42,44,46-48,52,70H,7-8,10-13,15-21,23-24,26-30,32-33H2,1-5H3,(H,63,76)(H,64,77)(H,65,73)(H,66,74)(H,67,68,69)/t36?,39?,40-,41?,42?,44+,46+,47-,48+,52-/m1/s1. The topological polar surface area (TPSA) is 238 Å². The fraction of sp³-hybridized carbons (Fsp3) is 0.672. The predicted octanol–water partition coefficient (Wildman–Crippen LogP) is 6.05. The third-order valence-electron chi connectivity index (χ3n) is 16.4. The number of carbonyl (C=O) groups is 6. The molecule has 2 aliphatic heterocycles. The molecule has 3 aromatic rings. The summed E-state index contributed by atoms with van der Waals surface area (Å²) in [4.78, 5) is 94.9. The fourth-order valence-electron chi connectivity index (χ4n) is 12.5. The third kappa shape index (κ3) is 16.3. The normalized spacial score (nSPS) is 26.6. The van der Waals surface area contributed by atoms with E-state index in [0.29, 0.717) is 115 Å². The number of rotatable bonds is 22. The van der Waals surface area contributed by atoms with Crippen molar-refractivity contribution in [2.24, 2.45) is 11.8 Å². The van der Waals surface area contributed by atoms with Gasteiger partial charge in [0.15, 0.2) is 0 Å². The highest BCUT2D eigenvalue weighted by Gasteiger charge is 2.44. The van der Waals surface area contributed by atoms with Gasteiger partial charge < -0.3 is 51.2 Å². The van der Waals surface area contributed by atoms with E-state index >= 15 is 0 Å². The number of carbonyl (C=O) groups excluding carboxylic acids is 6. The Labute approximate surface area is 467 Å². The smallest absolute Gasteiger partial charge is 0.378 e. The molecule has 6 amide bonds. The minimum absolute atomic E-state index is 0.00674. The molecule has 0 radical (unpaired) electrons. The Kier molecular flexibility index (Phi) is 20.4. The van der Waals surface area contributed by atoms with Gasteiger partial charge in [0.05, 0.1) is 53.9 Å². The number of benzene rings is 1. The van der Waals surface area contributed by atoms with E-state index in [1.165, 1.54) is 13.0 Å². The zero-order valence-corrected chi connectivity index (χ0v) is 47.0. The van der Waals surface area contributed by atoms with Crippen molar-refractivity contribution >= 4 is 52.2 Å². The van der Waals surface area contributed by atoms with Crippen LogP contribution in [0.3, 0.4) is 0 Å². The zero-order valence-electron chi connectivity index (χ0n) is 47.0. The molecule has 19 nitrogen and oxygen atoms in total. The Bertz CT molecular complexity index is 2630. The largest absolute Gasteiger partial charge is 0.416 e. The lowest BCUT2D eigenvalue weighted by Gasteiger charge is -2.43. The molecule has 2 saturated heterocycles. The van der Waals surface area contributed by atoms with Crippen LogP contribution in [-0.4, -0.2) is 148 Å². The molecule has 0 bridgehead atoms. The van der Waals surface area contributed by atoms with Gasteiger partial charge in [0.25, 0.3) is 0 Å². The van der Waals surface area contributed by atoms with Gasteiger partial charge in [-0.2, -0.15) is 13.2 Å². The quantitative estimate of drug-likeness (QED) is 0.0629. The Morgan fingerprint density at radius 1 is 0.800 bits per heavy atom. The molecule has 6 N–H and O–H groups in total. The number of nitrogens with one attached hydrogen (secondary N) is 6. The first kappa shape index (κ1) is 60.1. The van der Waals surface area contributed by atoms with Crippen molar-refractivity contribution in [2.75, 3.05) is 45.2 Å². The van der Waals surface area contributed by atoms with Gasteiger partial charge in [-0.25, -0.2) is 9.97 Å². The molecule has 5 fully saturated rings. The van der Waals surface area contributed by atoms with Gasteiger partial charge in [0, 0.05) is 101 Å². The average molecular weight is 1120 g/mol. The lowest BCUT2D eigenvalue weighted by atomic mass is 9.84. The van der Waals surface area contributed by atoms with Crippen LogP contribution in [0.2, 0.25) is 0 Å². The second kappa shape index (κ2) is 27.2. The van der Waals surface area contributed by atoms with Crippen LogP contribution in [0.1, 0.15) is 153 Å². The average Bonchev–Trinajstić information content (AvgIpc) is 3.95. The first-order valence-electron chi connectivity index (χ1n) is 28.9. The molecule has 5 aliphatic rings. The van der Waals surface area contributed by atoms with Crippen LogP contribution in [-0.2, 0) is 50.8 Å². The SMILES string of the molecule is CC(=O)N[C@@H]1C[C@H](NC(C)(C)C)CC[C@@H]1N1CC[C@H](Nc2nc(CCCNC(=O)C3CCC(NC(=O)CCCOC4CCC(OCCNC(=O)[C@H]5CC(=O)N(C)[C@@H]5c5cccnc5)CC4)CC3)nc3ccc(C(F)(F)F)cc23)C1=O. The number of ether oxygens (including phenoxy) is 2. The van der Waals surface area contributed by atoms with Crippen molar-refractivity contribution in [1.29, 1.82) is 0 Å². The number of likely N-dealkylation sites (tertiary alicyclic amines) is 2. The number of hydrogen-bond donors (Lipinski definition) is 6. The van der Waals surface area contributed by atoms with Gasteiger partial charge in [-0.05, 0) is 140 Å². The summed E-state index contributed by atoms with van der Waals surface area (Å²) in [6.07, 6.45) is 9.44. The van der Waals surface area contributed by atoms with E-state index < -0.39 is 23.7 Å². The Balaban J connectivity index is 0.708. The monoisotopic (exact) mass is 1120 g/mol. The van der Waals surface area contributed by atoms with Crippen LogP contribution in [0.25, 0.3) is 10.9 Å². The summed E-state index contributed by atoms with van der Waals surface area (Å²) < 4.78 is 54.1. The van der Waals surface area contributed by atoms with E-state index in [1.54, 1.807) is 35.3 Å². The summed E-state index contributed by atoms with van der Waals surface area (Å²) in [6.45, 7) is 9.72. The third-order valence-corrected chi connectivity index (χ3v) is 16.4. The van der Waals surface area contributed by atoms with E-state index in [-0.39, 0.29) is 107 Å². The van der Waals surface area contributed by atoms with Crippen LogP contribution >= 0.6 is 0 Å². The van der Waals surface area contributed by atoms with Crippen molar-refractivity contribution in [1.82, 2.24) is 51.3 Å². The summed E-state index contributed by atoms with van der Waals surface area (Å²) in [5.41, 5.74) is 0.155. The molecule has 3 saturated carbocycles. The number of aromatic nitrogens is 3. The molecular weight excluding hydrogens is 1040 g/mol. The maximum absolute atomic E-state index is 14.1. The summed E-state index contributed by atoms with van der Waals surface area (Å²) in [6, 6.07) is 5.55. The predicted molar refractivity (Wildman–Crippen MR) is 293 cm³/mol. The highest BCUT2D eigenvalue weighted by Crippen LogP contribution is 2.38. The molecule has 4 heterocycles. The number of aryl methyl sites for hydroxylation is 1. The molecule has 3 aliphatic carbocycles. The number of nitrogens with zero attached hydrogens (tertiary/aromatic N) is 5.